The van der Waals surface area contributed by atoms with E-state index in [2.05, 4.69) is 26.1 Å². The number of phenols is 1. The second-order valence-corrected chi connectivity index (χ2v) is 9.68. The van der Waals surface area contributed by atoms with Gasteiger partial charge in [-0.1, -0.05) is 39.3 Å². The first-order chi connectivity index (χ1) is 16.0. The van der Waals surface area contributed by atoms with Gasteiger partial charge in [0.1, 0.15) is 23.3 Å². The van der Waals surface area contributed by atoms with E-state index in [4.69, 9.17) is 4.74 Å². The summed E-state index contributed by atoms with van der Waals surface area (Å²) in [6, 6.07) is 5.49. The van der Waals surface area contributed by atoms with Gasteiger partial charge in [-0.3, -0.25) is 19.3 Å². The van der Waals surface area contributed by atoms with Crippen molar-refractivity contribution >= 4 is 17.7 Å². The summed E-state index contributed by atoms with van der Waals surface area (Å²) in [5, 5.41) is 22.5. The maximum atomic E-state index is 12.9. The number of hydrogen-bond donors (Lipinski definition) is 3. The molecule has 1 aromatic rings. The van der Waals surface area contributed by atoms with Crippen molar-refractivity contribution in [2.45, 2.75) is 65.3 Å². The lowest BCUT2D eigenvalue weighted by molar-refractivity contribution is -0.139. The molecule has 1 aliphatic rings. The number of nitrogens with zero attached hydrogens (tertiary/aromatic N) is 1. The molecule has 0 saturated heterocycles. The number of imide groups is 1. The summed E-state index contributed by atoms with van der Waals surface area (Å²) in [4.78, 5) is 38.2. The molecule has 0 spiro atoms. The van der Waals surface area contributed by atoms with Gasteiger partial charge < -0.3 is 20.3 Å². The van der Waals surface area contributed by atoms with Gasteiger partial charge in [-0.15, -0.1) is 0 Å². The minimum Gasteiger partial charge on any atom is -0.510 e. The van der Waals surface area contributed by atoms with Crippen molar-refractivity contribution in [1.82, 2.24) is 10.2 Å². The van der Waals surface area contributed by atoms with E-state index in [0.29, 0.717) is 25.1 Å². The Bertz CT molecular complexity index is 928. The number of amides is 3. The molecule has 3 amide bonds. The largest absolute Gasteiger partial charge is 0.510 e. The zero-order chi connectivity index (χ0) is 25.3. The summed E-state index contributed by atoms with van der Waals surface area (Å²) in [5.41, 5.74) is 1.00. The molecule has 0 unspecified atom stereocenters. The molecule has 3 N–H and O–H groups in total. The lowest BCUT2D eigenvalue weighted by Crippen LogP contribution is -2.41. The number of carbonyl (C=O) groups is 3. The van der Waals surface area contributed by atoms with E-state index in [9.17, 15) is 24.6 Å². The van der Waals surface area contributed by atoms with E-state index in [0.717, 1.165) is 35.8 Å². The van der Waals surface area contributed by atoms with Crippen molar-refractivity contribution in [3.63, 3.8) is 0 Å². The van der Waals surface area contributed by atoms with E-state index in [1.807, 2.05) is 0 Å². The summed E-state index contributed by atoms with van der Waals surface area (Å²) in [7, 11) is 1.42. The molecule has 34 heavy (non-hydrogen) atoms. The highest BCUT2D eigenvalue weighted by Gasteiger charge is 2.36. The summed E-state index contributed by atoms with van der Waals surface area (Å²) < 4.78 is 5.27. The predicted octanol–water partition coefficient (Wildman–Crippen LogP) is 3.76. The SMILES string of the molecule is CO/C(=C/C(=O)N1C(=O)C=C(O)[C@H]1Cc1ccc(O)cc1)CCNC(=O)CCCCC(C)(C)C. The van der Waals surface area contributed by atoms with Gasteiger partial charge in [-0.25, -0.2) is 0 Å². The summed E-state index contributed by atoms with van der Waals surface area (Å²) in [6.45, 7) is 6.83. The van der Waals surface area contributed by atoms with Crippen molar-refractivity contribution in [3.05, 3.63) is 53.5 Å². The number of aliphatic hydroxyl groups excluding tert-OH is 1. The van der Waals surface area contributed by atoms with Crippen LogP contribution in [0.25, 0.3) is 0 Å². The molecule has 0 bridgehead atoms. The zero-order valence-electron chi connectivity index (χ0n) is 20.5. The number of aromatic hydroxyl groups is 1. The van der Waals surface area contributed by atoms with Crippen LogP contribution in [-0.2, 0) is 25.5 Å². The van der Waals surface area contributed by atoms with E-state index in [-0.39, 0.29) is 29.3 Å². The molecular weight excluding hydrogens is 436 g/mol. The number of unbranched alkanes of at least 4 members (excludes halogenated alkanes) is 1. The van der Waals surface area contributed by atoms with Crippen molar-refractivity contribution in [2.24, 2.45) is 5.41 Å². The number of hydrogen-bond acceptors (Lipinski definition) is 6. The first-order valence-electron chi connectivity index (χ1n) is 11.6. The van der Waals surface area contributed by atoms with Gasteiger partial charge in [0.05, 0.1) is 7.11 Å². The van der Waals surface area contributed by atoms with Crippen LogP contribution in [0.2, 0.25) is 0 Å². The fourth-order valence-corrected chi connectivity index (χ4v) is 3.69. The van der Waals surface area contributed by atoms with Crippen molar-refractivity contribution < 1.29 is 29.3 Å². The third-order valence-corrected chi connectivity index (χ3v) is 5.59. The summed E-state index contributed by atoms with van der Waals surface area (Å²) in [5.74, 6) is -1.05. The van der Waals surface area contributed by atoms with Crippen LogP contribution in [0.4, 0.5) is 0 Å². The summed E-state index contributed by atoms with van der Waals surface area (Å²) in [6.07, 6.45) is 6.07. The number of methoxy groups -OCH3 is 1. The number of aliphatic hydroxyl groups is 1. The van der Waals surface area contributed by atoms with Crippen molar-refractivity contribution in [1.29, 1.82) is 0 Å². The molecule has 1 aliphatic heterocycles. The van der Waals surface area contributed by atoms with Gasteiger partial charge in [0.2, 0.25) is 5.91 Å². The van der Waals surface area contributed by atoms with Gasteiger partial charge in [0.15, 0.2) is 0 Å². The second kappa shape index (κ2) is 12.3. The lowest BCUT2D eigenvalue weighted by atomic mass is 9.89. The molecular formula is C26H36N2O6. The Balaban J connectivity index is 1.90. The Morgan fingerprint density at radius 1 is 1.12 bits per heavy atom. The molecule has 0 radical (unpaired) electrons. The van der Waals surface area contributed by atoms with E-state index in [1.54, 1.807) is 12.1 Å². The average Bonchev–Trinajstić information content (AvgIpc) is 3.04. The molecule has 1 heterocycles. The minimum atomic E-state index is -0.841. The van der Waals surface area contributed by atoms with Crippen LogP contribution in [-0.4, -0.2) is 52.5 Å². The van der Waals surface area contributed by atoms with Crippen molar-refractivity contribution in [2.75, 3.05) is 13.7 Å². The van der Waals surface area contributed by atoms with Gasteiger partial charge in [0.25, 0.3) is 11.8 Å². The quantitative estimate of drug-likeness (QED) is 0.257. The Morgan fingerprint density at radius 2 is 1.79 bits per heavy atom. The van der Waals surface area contributed by atoms with Crippen LogP contribution < -0.4 is 5.32 Å². The van der Waals surface area contributed by atoms with Crippen LogP contribution in [0.1, 0.15) is 58.4 Å². The zero-order valence-corrected chi connectivity index (χ0v) is 20.5. The van der Waals surface area contributed by atoms with Gasteiger partial charge in [-0.2, -0.15) is 0 Å². The smallest absolute Gasteiger partial charge is 0.257 e. The fourth-order valence-electron chi connectivity index (χ4n) is 3.69. The van der Waals surface area contributed by atoms with E-state index >= 15 is 0 Å². The normalized spacial score (nSPS) is 16.4. The van der Waals surface area contributed by atoms with Crippen molar-refractivity contribution in [3.8, 4) is 5.75 Å². The molecule has 8 nitrogen and oxygen atoms in total. The Morgan fingerprint density at radius 3 is 2.41 bits per heavy atom. The second-order valence-electron chi connectivity index (χ2n) is 9.68. The lowest BCUT2D eigenvalue weighted by Gasteiger charge is -2.23. The molecule has 1 atom stereocenters. The van der Waals surface area contributed by atoms with E-state index < -0.39 is 17.9 Å². The van der Waals surface area contributed by atoms with Crippen LogP contribution in [0.5, 0.6) is 5.75 Å². The topological polar surface area (TPSA) is 116 Å². The number of rotatable bonds is 11. The van der Waals surface area contributed by atoms with Crippen LogP contribution in [0.3, 0.4) is 0 Å². The Labute approximate surface area is 201 Å². The number of nitrogens with one attached hydrogen (secondary N) is 1. The molecule has 0 aromatic heterocycles. The highest BCUT2D eigenvalue weighted by molar-refractivity contribution is 6.07. The third-order valence-electron chi connectivity index (χ3n) is 5.59. The van der Waals surface area contributed by atoms with Crippen LogP contribution in [0.15, 0.2) is 47.9 Å². The highest BCUT2D eigenvalue weighted by Crippen LogP contribution is 2.24. The molecule has 186 valence electrons. The maximum Gasteiger partial charge on any atom is 0.257 e. The minimum absolute atomic E-state index is 0.0477. The first-order valence-corrected chi connectivity index (χ1v) is 11.6. The van der Waals surface area contributed by atoms with E-state index in [1.165, 1.54) is 25.3 Å². The predicted molar refractivity (Wildman–Crippen MR) is 129 cm³/mol. The number of benzene rings is 1. The first kappa shape index (κ1) is 27.0. The fraction of sp³-hybridized carbons (Fsp3) is 0.500. The third kappa shape index (κ3) is 8.57. The standard InChI is InChI=1S/C26H36N2O6/c1-26(2,3)13-6-5-7-23(31)27-14-12-20(34-4)16-24(32)28-21(22(30)17-25(28)33)15-18-8-10-19(29)11-9-18/h8-11,16-17,21,29-30H,5-7,12-15H2,1-4H3,(H,27,31)/b20-16+/t21-/m1/s1. The highest BCUT2D eigenvalue weighted by atomic mass is 16.5. The molecule has 2 rings (SSSR count). The maximum absolute atomic E-state index is 12.9. The molecule has 8 heteroatoms. The molecule has 0 saturated carbocycles. The average molecular weight is 473 g/mol. The van der Waals surface area contributed by atoms with Gasteiger partial charge in [0, 0.05) is 38.0 Å². The molecule has 1 aromatic carbocycles. The monoisotopic (exact) mass is 472 g/mol. The van der Waals surface area contributed by atoms with Crippen LogP contribution in [0, 0.1) is 5.41 Å². The number of phenolic OH excluding ortho intramolecular Hbond substituents is 1. The Kier molecular flexibility index (Phi) is 9.71. The van der Waals surface area contributed by atoms with Gasteiger partial charge in [-0.05, 0) is 36.0 Å². The van der Waals surface area contributed by atoms with Crippen LogP contribution >= 0.6 is 0 Å². The number of ether oxygens (including phenoxy) is 1. The number of carbonyl (C=O) groups excluding carboxylic acids is 3. The molecule has 0 aliphatic carbocycles. The summed E-state index contributed by atoms with van der Waals surface area (Å²) >= 11 is 0. The van der Waals surface area contributed by atoms with Gasteiger partial charge >= 0.3 is 0 Å². The molecule has 0 fully saturated rings. The Hall–Kier alpha value is -3.29.